The van der Waals surface area contributed by atoms with E-state index in [0.29, 0.717) is 87.7 Å². The Hall–Kier alpha value is -5.79. The molecule has 3 aromatic carbocycles. The smallest absolute Gasteiger partial charge is 0.348 e. The maximum absolute atomic E-state index is 14.5. The molecule has 14 nitrogen and oxygen atoms in total. The second-order valence-corrected chi connectivity index (χ2v) is 21.5. The molecule has 8 heterocycles. The molecule has 0 N–H and O–H groups in total. The summed E-state index contributed by atoms with van der Waals surface area (Å²) in [6, 6.07) is 17.2. The van der Waals surface area contributed by atoms with Crippen LogP contribution in [-0.2, 0) is 27.3 Å². The van der Waals surface area contributed by atoms with E-state index in [1.165, 1.54) is 29.8 Å². The number of piperidine rings is 1. The van der Waals surface area contributed by atoms with Crippen LogP contribution in [0.15, 0.2) is 73.2 Å². The summed E-state index contributed by atoms with van der Waals surface area (Å²) in [6.45, 7) is 12.0. The molecule has 6 aromatic rings. The van der Waals surface area contributed by atoms with Crippen molar-refractivity contribution in [3.05, 3.63) is 101 Å². The fourth-order valence-corrected chi connectivity index (χ4v) is 11.1. The Bertz CT molecular complexity index is 2940. The number of carbonyl (C=O) groups is 1. The second-order valence-electron chi connectivity index (χ2n) is 20.1. The molecular formula is C53H57ClF3N7O7S. The van der Waals surface area contributed by atoms with Crippen LogP contribution < -0.4 is 23.8 Å². The lowest BCUT2D eigenvalue weighted by Gasteiger charge is -2.38. The van der Waals surface area contributed by atoms with E-state index in [-0.39, 0.29) is 37.8 Å². The van der Waals surface area contributed by atoms with E-state index >= 15 is 0 Å². The number of ether oxygens (including phenoxy) is 6. The number of thiophene rings is 1. The average molecular weight is 1030 g/mol. The van der Waals surface area contributed by atoms with Crippen molar-refractivity contribution < 1.29 is 46.4 Å². The van der Waals surface area contributed by atoms with Gasteiger partial charge in [0.1, 0.15) is 65.7 Å². The van der Waals surface area contributed by atoms with Gasteiger partial charge in [-0.2, -0.15) is 0 Å². The zero-order valence-electron chi connectivity index (χ0n) is 40.9. The summed E-state index contributed by atoms with van der Waals surface area (Å²) in [6.07, 6.45) is 1.89. The third kappa shape index (κ3) is 11.1. The molecule has 3 fully saturated rings. The van der Waals surface area contributed by atoms with Gasteiger partial charge in [-0.25, -0.2) is 37.9 Å². The maximum atomic E-state index is 14.5. The highest BCUT2D eigenvalue weighted by atomic mass is 35.5. The minimum absolute atomic E-state index is 0.0308. The Morgan fingerprint density at radius 2 is 1.74 bits per heavy atom. The van der Waals surface area contributed by atoms with E-state index < -0.39 is 41.9 Å². The summed E-state index contributed by atoms with van der Waals surface area (Å²) in [5.41, 5.74) is 2.33. The lowest BCUT2D eigenvalue weighted by Crippen LogP contribution is -2.49. The predicted octanol–water partition coefficient (Wildman–Crippen LogP) is 9.61. The topological polar surface area (TPSA) is 134 Å². The number of benzene rings is 3. The summed E-state index contributed by atoms with van der Waals surface area (Å²) >= 11 is 8.69. The van der Waals surface area contributed by atoms with Gasteiger partial charge in [0.2, 0.25) is 17.9 Å². The van der Waals surface area contributed by atoms with Crippen LogP contribution in [-0.4, -0.2) is 131 Å². The lowest BCUT2D eigenvalue weighted by atomic mass is 9.88. The molecule has 0 saturated carbocycles. The largest absolute Gasteiger partial charge is 0.490 e. The molecule has 19 heteroatoms. The van der Waals surface area contributed by atoms with Crippen molar-refractivity contribution in [1.82, 2.24) is 29.7 Å². The number of anilines is 1. The average Bonchev–Trinajstić information content (AvgIpc) is 3.88. The van der Waals surface area contributed by atoms with Crippen LogP contribution in [0.25, 0.3) is 31.8 Å². The van der Waals surface area contributed by atoms with Crippen LogP contribution in [0.3, 0.4) is 0 Å². The minimum Gasteiger partial charge on any atom is -0.490 e. The van der Waals surface area contributed by atoms with Crippen LogP contribution >= 0.6 is 22.9 Å². The third-order valence-electron chi connectivity index (χ3n) is 13.5. The number of fused-ring (bicyclic) bond motifs is 7. The van der Waals surface area contributed by atoms with Gasteiger partial charge in [-0.1, -0.05) is 29.8 Å². The van der Waals surface area contributed by atoms with Crippen LogP contribution in [0.2, 0.25) is 5.02 Å². The molecule has 0 unspecified atom stereocenters. The molecule has 11 rings (SSSR count). The van der Waals surface area contributed by atoms with Crippen molar-refractivity contribution in [2.45, 2.75) is 89.3 Å². The molecular weight excluding hydrogens is 971 g/mol. The molecule has 3 saturated heterocycles. The van der Waals surface area contributed by atoms with Crippen LogP contribution in [0.1, 0.15) is 56.9 Å². The van der Waals surface area contributed by atoms with E-state index in [4.69, 9.17) is 50.0 Å². The van der Waals surface area contributed by atoms with Crippen molar-refractivity contribution in [3.63, 3.8) is 0 Å². The highest BCUT2D eigenvalue weighted by Crippen LogP contribution is 2.50. The number of aromatic nitrogens is 4. The predicted molar refractivity (Wildman–Crippen MR) is 268 cm³/mol. The third-order valence-corrected chi connectivity index (χ3v) is 15.1. The van der Waals surface area contributed by atoms with E-state index in [9.17, 15) is 18.0 Å². The number of hydrogen-bond acceptors (Lipinski definition) is 15. The number of hydrogen-bond donors (Lipinski definition) is 0. The van der Waals surface area contributed by atoms with Crippen molar-refractivity contribution in [3.8, 4) is 44.7 Å². The van der Waals surface area contributed by atoms with E-state index in [1.807, 2.05) is 30.0 Å². The molecule has 5 aliphatic rings. The van der Waals surface area contributed by atoms with E-state index in [0.717, 1.165) is 47.7 Å². The first-order valence-electron chi connectivity index (χ1n) is 24.2. The van der Waals surface area contributed by atoms with Gasteiger partial charge < -0.3 is 38.2 Å². The molecule has 0 aliphatic carbocycles. The highest BCUT2D eigenvalue weighted by molar-refractivity contribution is 7.22. The summed E-state index contributed by atoms with van der Waals surface area (Å²) in [7, 11) is 2.11. The van der Waals surface area contributed by atoms with E-state index in [1.54, 1.807) is 57.3 Å². The van der Waals surface area contributed by atoms with Gasteiger partial charge in [0.15, 0.2) is 0 Å². The van der Waals surface area contributed by atoms with Crippen molar-refractivity contribution in [1.29, 1.82) is 0 Å². The normalized spacial score (nSPS) is 20.4. The van der Waals surface area contributed by atoms with Gasteiger partial charge in [0, 0.05) is 80.9 Å². The maximum Gasteiger partial charge on any atom is 0.348 e. The summed E-state index contributed by atoms with van der Waals surface area (Å²) in [5, 5.41) is 0.941. The van der Waals surface area contributed by atoms with Crippen LogP contribution in [0, 0.1) is 12.7 Å². The zero-order valence-corrected chi connectivity index (χ0v) is 42.5. The standard InChI is InChI=1S/C53H57ClF3N7O7S/c1-32-39-11-13-41(45(32)54)69-38(26-63-22-20-62(5)21-23-63)28-66-37-10-12-40(67-27-36-14-17-58-50(61-36)64-18-15-52(16-19-64)29-53(56,57)30-68-52)34(24-37)25-42(49(65)71-51(2,3)4)70-47-44-43(39)46(72-48(44)60-31-59-47)33-6-8-35(55)9-7-33/h6-14,17,24,31,38,42H,15-16,18-23,25-30H2,1-5H3/t38-,42-/m1/s1. The Morgan fingerprint density at radius 3 is 2.47 bits per heavy atom. The van der Waals surface area contributed by atoms with Crippen LogP contribution in [0.4, 0.5) is 19.1 Å². The fraction of sp³-hybridized carbons (Fsp3) is 0.453. The molecule has 3 aromatic heterocycles. The first kappa shape index (κ1) is 49.8. The second kappa shape index (κ2) is 20.3. The minimum atomic E-state index is -2.82. The number of likely N-dealkylation sites (N-methyl/N-ethyl adjacent to an activating group) is 1. The fourth-order valence-electron chi connectivity index (χ4n) is 9.75. The van der Waals surface area contributed by atoms with E-state index in [2.05, 4.69) is 26.8 Å². The monoisotopic (exact) mass is 1030 g/mol. The molecule has 72 heavy (non-hydrogen) atoms. The van der Waals surface area contributed by atoms with Crippen molar-refractivity contribution in [2.75, 3.05) is 71.0 Å². The van der Waals surface area contributed by atoms with Crippen LogP contribution in [0.5, 0.6) is 23.1 Å². The SMILES string of the molecule is Cc1c2ccc(c1Cl)O[C@H](CN1CCN(C)CC1)COc1ccc(OCc3ccnc(N4CCC5(CC4)CC(F)(F)CO5)n3)c(c1)C[C@H](C(=O)OC(C)(C)C)Oc1ncnc3sc(-c4ccc(F)cc4)c-2c13. The molecule has 5 aliphatic heterocycles. The van der Waals surface area contributed by atoms with Crippen molar-refractivity contribution in [2.24, 2.45) is 0 Å². The number of esters is 1. The van der Waals surface area contributed by atoms with Crippen molar-refractivity contribution >= 4 is 45.1 Å². The highest BCUT2D eigenvalue weighted by Gasteiger charge is 2.52. The number of carbonyl (C=O) groups excluding carboxylic acids is 1. The molecule has 1 spiro atoms. The first-order valence-corrected chi connectivity index (χ1v) is 25.4. The Balaban J connectivity index is 1.03. The summed E-state index contributed by atoms with van der Waals surface area (Å²) in [4.78, 5) is 41.2. The molecule has 0 amide bonds. The van der Waals surface area contributed by atoms with Gasteiger partial charge in [0.25, 0.3) is 5.92 Å². The van der Waals surface area contributed by atoms with Gasteiger partial charge in [-0.3, -0.25) is 4.90 Å². The lowest BCUT2D eigenvalue weighted by molar-refractivity contribution is -0.163. The van der Waals surface area contributed by atoms with Gasteiger partial charge in [0.05, 0.1) is 21.7 Å². The molecule has 4 bridgehead atoms. The first-order chi connectivity index (χ1) is 34.5. The number of rotatable bonds is 8. The number of nitrogens with zero attached hydrogens (tertiary/aromatic N) is 7. The number of halogens is 4. The number of piperazine rings is 1. The molecule has 0 radical (unpaired) electrons. The van der Waals surface area contributed by atoms with Gasteiger partial charge >= 0.3 is 5.97 Å². The van der Waals surface area contributed by atoms with Gasteiger partial charge in [-0.05, 0) is 107 Å². The molecule has 380 valence electrons. The summed E-state index contributed by atoms with van der Waals surface area (Å²) in [5.74, 6) is -1.82. The Labute approximate surface area is 425 Å². The van der Waals surface area contributed by atoms with Gasteiger partial charge in [-0.15, -0.1) is 11.3 Å². The Kier molecular flexibility index (Phi) is 14.0. The quantitative estimate of drug-likeness (QED) is 0.134. The zero-order chi connectivity index (χ0) is 50.4. The number of alkyl halides is 2. The summed E-state index contributed by atoms with van der Waals surface area (Å²) < 4.78 is 81.2. The molecule has 2 atom stereocenters. The Morgan fingerprint density at radius 1 is 0.958 bits per heavy atom.